The third-order valence-corrected chi connectivity index (χ3v) is 4.47. The first-order chi connectivity index (χ1) is 6.24. The molecule has 0 heterocycles. The molecule has 0 radical (unpaired) electrons. The van der Waals surface area contributed by atoms with Crippen molar-refractivity contribution >= 4 is 8.80 Å². The maximum absolute atomic E-state index is 5.59. The Bertz CT molecular complexity index is 95.1. The van der Waals surface area contributed by atoms with Gasteiger partial charge >= 0.3 is 8.80 Å². The third kappa shape index (κ3) is 6.15. The molecular formula is C9H21NiO3Si-. The molecule has 0 saturated carbocycles. The molecule has 0 aromatic carbocycles. The zero-order chi connectivity index (χ0) is 10.2. The summed E-state index contributed by atoms with van der Waals surface area (Å²) in [5, 5.41) is 0. The second-order valence-corrected chi connectivity index (χ2v) is 5.00. The van der Waals surface area contributed by atoms with E-state index in [2.05, 4.69) is 6.92 Å². The van der Waals surface area contributed by atoms with Crippen molar-refractivity contribution in [1.29, 1.82) is 0 Å². The summed E-state index contributed by atoms with van der Waals surface area (Å²) in [6.45, 7) is 9.88. The second-order valence-electron chi connectivity index (χ2n) is 2.51. The van der Waals surface area contributed by atoms with Crippen LogP contribution in [-0.4, -0.2) is 28.6 Å². The predicted molar refractivity (Wildman–Crippen MR) is 55.2 cm³/mol. The van der Waals surface area contributed by atoms with E-state index in [1.807, 2.05) is 26.8 Å². The predicted octanol–water partition coefficient (Wildman–Crippen LogP) is 2.19. The Morgan fingerprint density at radius 1 is 0.857 bits per heavy atom. The molecule has 3 nitrogen and oxygen atoms in total. The SMILES string of the molecule is CC[CH-][Si](OCC)(OCC)OCC.[Ni]. The van der Waals surface area contributed by atoms with Gasteiger partial charge in [-0.3, -0.25) is 0 Å². The number of rotatable bonds is 8. The summed E-state index contributed by atoms with van der Waals surface area (Å²) in [6.07, 6.45) is 0.923. The van der Waals surface area contributed by atoms with Crippen molar-refractivity contribution in [2.24, 2.45) is 0 Å². The molecule has 0 aromatic rings. The molecule has 14 heavy (non-hydrogen) atoms. The Kier molecular flexibility index (Phi) is 12.3. The van der Waals surface area contributed by atoms with Crippen molar-refractivity contribution in [3.63, 3.8) is 0 Å². The summed E-state index contributed by atoms with van der Waals surface area (Å²) in [5.41, 5.74) is 0. The topological polar surface area (TPSA) is 27.7 Å². The molecule has 5 heteroatoms. The zero-order valence-electron chi connectivity index (χ0n) is 9.45. The summed E-state index contributed by atoms with van der Waals surface area (Å²) < 4.78 is 16.8. The van der Waals surface area contributed by atoms with Gasteiger partial charge in [-0.05, 0) is 20.8 Å². The van der Waals surface area contributed by atoms with Gasteiger partial charge in [-0.15, -0.1) is 0 Å². The molecular weight excluding hydrogens is 243 g/mol. The molecule has 0 aromatic heterocycles. The third-order valence-electron chi connectivity index (χ3n) is 1.49. The van der Waals surface area contributed by atoms with Crippen LogP contribution in [0.1, 0.15) is 34.1 Å². The van der Waals surface area contributed by atoms with Crippen LogP contribution in [0.25, 0.3) is 0 Å². The monoisotopic (exact) mass is 263 g/mol. The fourth-order valence-electron chi connectivity index (χ4n) is 1.16. The molecule has 0 rings (SSSR count). The van der Waals surface area contributed by atoms with Gasteiger partial charge in [0, 0.05) is 36.3 Å². The van der Waals surface area contributed by atoms with E-state index in [1.165, 1.54) is 0 Å². The summed E-state index contributed by atoms with van der Waals surface area (Å²) in [7, 11) is -2.42. The van der Waals surface area contributed by atoms with E-state index in [0.29, 0.717) is 19.8 Å². The zero-order valence-corrected chi connectivity index (χ0v) is 11.4. The van der Waals surface area contributed by atoms with Gasteiger partial charge in [-0.25, -0.2) is 6.04 Å². The fraction of sp³-hybridized carbons (Fsp3) is 0.889. The van der Waals surface area contributed by atoms with Crippen molar-refractivity contribution < 1.29 is 29.8 Å². The van der Waals surface area contributed by atoms with Gasteiger partial charge in [-0.1, -0.05) is 6.92 Å². The van der Waals surface area contributed by atoms with Crippen molar-refractivity contribution in [2.45, 2.75) is 34.1 Å². The van der Waals surface area contributed by atoms with Crippen LogP contribution in [0.15, 0.2) is 0 Å². The molecule has 0 aliphatic heterocycles. The Morgan fingerprint density at radius 3 is 1.43 bits per heavy atom. The van der Waals surface area contributed by atoms with Gasteiger partial charge in [0.1, 0.15) is 0 Å². The van der Waals surface area contributed by atoms with E-state index < -0.39 is 8.80 Å². The van der Waals surface area contributed by atoms with Gasteiger partial charge in [0.2, 0.25) is 0 Å². The molecule has 0 aliphatic carbocycles. The first kappa shape index (κ1) is 17.0. The second kappa shape index (κ2) is 10.1. The first-order valence-corrected chi connectivity index (χ1v) is 6.81. The van der Waals surface area contributed by atoms with Crippen molar-refractivity contribution in [2.75, 3.05) is 19.8 Å². The molecule has 90 valence electrons. The Hall–Kier alpha value is 0.590. The Labute approximate surface area is 98.8 Å². The van der Waals surface area contributed by atoms with Crippen molar-refractivity contribution in [1.82, 2.24) is 0 Å². The average molecular weight is 264 g/mol. The minimum Gasteiger partial charge on any atom is -0.394 e. The quantitative estimate of drug-likeness (QED) is 0.496. The molecule has 0 spiro atoms. The van der Waals surface area contributed by atoms with Gasteiger partial charge < -0.3 is 13.3 Å². The van der Waals surface area contributed by atoms with Gasteiger partial charge in [0.15, 0.2) is 0 Å². The average Bonchev–Trinajstić information content (AvgIpc) is 2.06. The van der Waals surface area contributed by atoms with Crippen LogP contribution < -0.4 is 0 Å². The van der Waals surface area contributed by atoms with E-state index in [4.69, 9.17) is 13.3 Å². The minimum atomic E-state index is -2.42. The van der Waals surface area contributed by atoms with Crippen molar-refractivity contribution in [3.8, 4) is 0 Å². The van der Waals surface area contributed by atoms with E-state index >= 15 is 0 Å². The summed E-state index contributed by atoms with van der Waals surface area (Å²) >= 11 is 0. The standard InChI is InChI=1S/C9H21O3Si.Ni/c1-5-9-13(10-6-2,11-7-3)12-8-4;/h9H,5-8H2,1-4H3;/q-1;. The van der Waals surface area contributed by atoms with Crippen LogP contribution in [0.5, 0.6) is 0 Å². The molecule has 0 amide bonds. The maximum atomic E-state index is 5.59. The molecule has 0 saturated heterocycles. The van der Waals surface area contributed by atoms with E-state index in [1.54, 1.807) is 0 Å². The van der Waals surface area contributed by atoms with Crippen molar-refractivity contribution in [3.05, 3.63) is 6.04 Å². The summed E-state index contributed by atoms with van der Waals surface area (Å²) in [6, 6.07) is 2.05. The smallest absolute Gasteiger partial charge is 0.329 e. The summed E-state index contributed by atoms with van der Waals surface area (Å²) in [5.74, 6) is 0. The van der Waals surface area contributed by atoms with E-state index in [0.717, 1.165) is 6.42 Å². The van der Waals surface area contributed by atoms with Crippen LogP contribution in [-0.2, 0) is 29.8 Å². The van der Waals surface area contributed by atoms with E-state index in [-0.39, 0.29) is 16.5 Å². The number of hydrogen-bond acceptors (Lipinski definition) is 3. The van der Waals surface area contributed by atoms with Crippen LogP contribution in [0, 0.1) is 6.04 Å². The van der Waals surface area contributed by atoms with Gasteiger partial charge in [0.25, 0.3) is 0 Å². The minimum absolute atomic E-state index is 0. The molecule has 0 unspecified atom stereocenters. The largest absolute Gasteiger partial charge is 0.394 e. The van der Waals surface area contributed by atoms with Crippen LogP contribution in [0.4, 0.5) is 0 Å². The molecule has 0 atom stereocenters. The molecule has 0 N–H and O–H groups in total. The molecule has 0 aliphatic rings. The summed E-state index contributed by atoms with van der Waals surface area (Å²) in [4.78, 5) is 0. The van der Waals surface area contributed by atoms with Crippen LogP contribution >= 0.6 is 0 Å². The van der Waals surface area contributed by atoms with Crippen LogP contribution in [0.2, 0.25) is 0 Å². The van der Waals surface area contributed by atoms with Gasteiger partial charge in [-0.2, -0.15) is 6.42 Å². The fourth-order valence-corrected chi connectivity index (χ4v) is 3.47. The Balaban J connectivity index is 0. The van der Waals surface area contributed by atoms with Gasteiger partial charge in [0.05, 0.1) is 0 Å². The normalized spacial score (nSPS) is 11.1. The molecule has 0 fully saturated rings. The number of hydrogen-bond donors (Lipinski definition) is 0. The first-order valence-electron chi connectivity index (χ1n) is 5.00. The maximum Gasteiger partial charge on any atom is 0.329 e. The Morgan fingerprint density at radius 2 is 1.21 bits per heavy atom. The van der Waals surface area contributed by atoms with Crippen LogP contribution in [0.3, 0.4) is 0 Å². The van der Waals surface area contributed by atoms with E-state index in [9.17, 15) is 0 Å². The molecule has 0 bridgehead atoms.